The van der Waals surface area contributed by atoms with E-state index in [1.165, 1.54) is 8.99 Å². The van der Waals surface area contributed by atoms with Crippen molar-refractivity contribution in [2.75, 3.05) is 26.2 Å². The van der Waals surface area contributed by atoms with E-state index in [-0.39, 0.29) is 17.1 Å². The summed E-state index contributed by atoms with van der Waals surface area (Å²) in [4.78, 5) is 15.4. The van der Waals surface area contributed by atoms with Crippen molar-refractivity contribution in [2.45, 2.75) is 32.3 Å². The maximum absolute atomic E-state index is 13.2. The van der Waals surface area contributed by atoms with Gasteiger partial charge in [-0.05, 0) is 26.8 Å². The van der Waals surface area contributed by atoms with Crippen LogP contribution >= 0.6 is 0 Å². The van der Waals surface area contributed by atoms with Gasteiger partial charge in [-0.3, -0.25) is 9.69 Å². The van der Waals surface area contributed by atoms with E-state index in [4.69, 9.17) is 9.62 Å². The molecule has 5 rings (SSSR count). The van der Waals surface area contributed by atoms with Gasteiger partial charge in [-0.25, -0.2) is 13.1 Å². The lowest BCUT2D eigenvalue weighted by Gasteiger charge is -2.33. The Balaban J connectivity index is 1.41. The molecule has 182 valence electrons. The van der Waals surface area contributed by atoms with Gasteiger partial charge in [0.15, 0.2) is 5.76 Å². The van der Waals surface area contributed by atoms with Crippen LogP contribution in [0.3, 0.4) is 0 Å². The van der Waals surface area contributed by atoms with Gasteiger partial charge in [0.25, 0.3) is 5.56 Å². The lowest BCUT2D eigenvalue weighted by Crippen LogP contribution is -2.50. The molecule has 1 fully saturated rings. The van der Waals surface area contributed by atoms with Crippen LogP contribution in [0.4, 0.5) is 0 Å². The van der Waals surface area contributed by atoms with Crippen LogP contribution in [0.1, 0.15) is 17.0 Å². The number of hydrogen-bond donors (Lipinski definition) is 0. The third-order valence-corrected chi connectivity index (χ3v) is 8.57. The molecule has 4 aromatic rings. The molecule has 0 aliphatic carbocycles. The van der Waals surface area contributed by atoms with Gasteiger partial charge >= 0.3 is 0 Å². The first-order chi connectivity index (χ1) is 16.8. The number of fused-ring (bicyclic) bond motifs is 1. The molecule has 0 spiro atoms. The van der Waals surface area contributed by atoms with E-state index < -0.39 is 10.0 Å². The van der Waals surface area contributed by atoms with E-state index in [1.807, 2.05) is 60.4 Å². The third kappa shape index (κ3) is 4.29. The standard InChI is InChI=1S/C25H27N5O4S/c1-17-8-10-20(11-9-17)23-21-6-4-5-7-22(21)25(31)30(26-23)16-28-12-14-29(15-13-28)35(32,33)24-18(2)27-34-19(24)3/h4-11H,12-16H2,1-3H3. The number of rotatable bonds is 5. The molecule has 3 heterocycles. The van der Waals surface area contributed by atoms with E-state index in [9.17, 15) is 13.2 Å². The number of hydrogen-bond acceptors (Lipinski definition) is 7. The number of sulfonamides is 1. The molecule has 0 amide bonds. The minimum Gasteiger partial charge on any atom is -0.360 e. The Morgan fingerprint density at radius 2 is 1.57 bits per heavy atom. The van der Waals surface area contributed by atoms with Crippen LogP contribution in [-0.4, -0.2) is 58.7 Å². The summed E-state index contributed by atoms with van der Waals surface area (Å²) in [7, 11) is -3.69. The molecule has 0 N–H and O–H groups in total. The van der Waals surface area contributed by atoms with Crippen LogP contribution in [0.25, 0.3) is 22.0 Å². The number of piperazine rings is 1. The summed E-state index contributed by atoms with van der Waals surface area (Å²) in [5.74, 6) is 0.292. The predicted molar refractivity (Wildman–Crippen MR) is 132 cm³/mol. The second-order valence-electron chi connectivity index (χ2n) is 8.88. The van der Waals surface area contributed by atoms with Crippen LogP contribution in [0.5, 0.6) is 0 Å². The molecular formula is C25H27N5O4S. The largest absolute Gasteiger partial charge is 0.360 e. The van der Waals surface area contributed by atoms with Gasteiger partial charge in [0, 0.05) is 37.1 Å². The second kappa shape index (κ2) is 9.03. The highest BCUT2D eigenvalue weighted by molar-refractivity contribution is 7.89. The fourth-order valence-corrected chi connectivity index (χ4v) is 6.24. The van der Waals surface area contributed by atoms with Crippen molar-refractivity contribution in [3.05, 3.63) is 75.9 Å². The Morgan fingerprint density at radius 3 is 2.20 bits per heavy atom. The SMILES string of the molecule is Cc1ccc(-c2nn(CN3CCN(S(=O)(=O)c4c(C)noc4C)CC3)c(=O)c3ccccc23)cc1. The van der Waals surface area contributed by atoms with Gasteiger partial charge in [-0.2, -0.15) is 9.40 Å². The summed E-state index contributed by atoms with van der Waals surface area (Å²) in [6, 6.07) is 15.6. The third-order valence-electron chi connectivity index (χ3n) is 6.42. The average molecular weight is 494 g/mol. The van der Waals surface area contributed by atoms with Crippen LogP contribution < -0.4 is 5.56 Å². The second-order valence-corrected chi connectivity index (χ2v) is 10.8. The Morgan fingerprint density at radius 1 is 0.914 bits per heavy atom. The molecule has 2 aromatic carbocycles. The molecular weight excluding hydrogens is 466 g/mol. The first-order valence-corrected chi connectivity index (χ1v) is 12.9. The van der Waals surface area contributed by atoms with Gasteiger partial charge in [0.2, 0.25) is 10.0 Å². The summed E-state index contributed by atoms with van der Waals surface area (Å²) in [6.45, 7) is 7.10. The van der Waals surface area contributed by atoms with E-state index in [2.05, 4.69) is 5.16 Å². The summed E-state index contributed by atoms with van der Waals surface area (Å²) in [6.07, 6.45) is 0. The predicted octanol–water partition coefficient (Wildman–Crippen LogP) is 2.94. The van der Waals surface area contributed by atoms with Crippen molar-refractivity contribution >= 4 is 20.8 Å². The van der Waals surface area contributed by atoms with Gasteiger partial charge in [0.1, 0.15) is 10.6 Å². The number of aryl methyl sites for hydroxylation is 3. The van der Waals surface area contributed by atoms with Crippen molar-refractivity contribution in [2.24, 2.45) is 0 Å². The fourth-order valence-electron chi connectivity index (χ4n) is 4.53. The zero-order valence-electron chi connectivity index (χ0n) is 19.9. The zero-order valence-corrected chi connectivity index (χ0v) is 20.7. The maximum atomic E-state index is 13.2. The maximum Gasteiger partial charge on any atom is 0.275 e. The summed E-state index contributed by atoms with van der Waals surface area (Å²) >= 11 is 0. The zero-order chi connectivity index (χ0) is 24.7. The highest BCUT2D eigenvalue weighted by atomic mass is 32.2. The van der Waals surface area contributed by atoms with Gasteiger partial charge < -0.3 is 4.52 Å². The Labute approximate surface area is 203 Å². The molecule has 9 nitrogen and oxygen atoms in total. The number of aromatic nitrogens is 3. The lowest BCUT2D eigenvalue weighted by atomic mass is 10.0. The highest BCUT2D eigenvalue weighted by Gasteiger charge is 2.33. The first kappa shape index (κ1) is 23.4. The van der Waals surface area contributed by atoms with E-state index in [1.54, 1.807) is 13.8 Å². The molecule has 0 radical (unpaired) electrons. The molecule has 10 heteroatoms. The fraction of sp³-hybridized carbons (Fsp3) is 0.320. The summed E-state index contributed by atoms with van der Waals surface area (Å²) in [5, 5.41) is 9.94. The first-order valence-electron chi connectivity index (χ1n) is 11.5. The van der Waals surface area contributed by atoms with Gasteiger partial charge in [-0.15, -0.1) is 0 Å². The molecule has 0 unspecified atom stereocenters. The topological polar surface area (TPSA) is 102 Å². The van der Waals surface area contributed by atoms with Gasteiger partial charge in [0.05, 0.1) is 17.7 Å². The Bertz CT molecular complexity index is 1530. The van der Waals surface area contributed by atoms with Crippen molar-refractivity contribution in [1.82, 2.24) is 24.1 Å². The van der Waals surface area contributed by atoms with Crippen LogP contribution in [-0.2, 0) is 16.7 Å². The summed E-state index contributed by atoms with van der Waals surface area (Å²) < 4.78 is 34.2. The molecule has 1 aliphatic rings. The lowest BCUT2D eigenvalue weighted by molar-refractivity contribution is 0.143. The minimum absolute atomic E-state index is 0.140. The molecule has 0 saturated carbocycles. The molecule has 0 bridgehead atoms. The molecule has 2 aromatic heterocycles. The molecule has 1 aliphatic heterocycles. The van der Waals surface area contributed by atoms with Crippen LogP contribution in [0.15, 0.2) is 62.7 Å². The number of benzene rings is 2. The molecule has 1 saturated heterocycles. The molecule has 35 heavy (non-hydrogen) atoms. The quantitative estimate of drug-likeness (QED) is 0.421. The highest BCUT2D eigenvalue weighted by Crippen LogP contribution is 2.26. The van der Waals surface area contributed by atoms with E-state index in [0.29, 0.717) is 43.0 Å². The Hall–Kier alpha value is -3.34. The van der Waals surface area contributed by atoms with E-state index >= 15 is 0 Å². The van der Waals surface area contributed by atoms with Crippen molar-refractivity contribution in [1.29, 1.82) is 0 Å². The molecule has 0 atom stereocenters. The van der Waals surface area contributed by atoms with Crippen molar-refractivity contribution < 1.29 is 12.9 Å². The van der Waals surface area contributed by atoms with Crippen molar-refractivity contribution in [3.8, 4) is 11.3 Å². The monoisotopic (exact) mass is 493 g/mol. The van der Waals surface area contributed by atoms with Gasteiger partial charge in [-0.1, -0.05) is 53.2 Å². The van der Waals surface area contributed by atoms with Crippen LogP contribution in [0.2, 0.25) is 0 Å². The smallest absolute Gasteiger partial charge is 0.275 e. The minimum atomic E-state index is -3.69. The van der Waals surface area contributed by atoms with E-state index in [0.717, 1.165) is 22.2 Å². The van der Waals surface area contributed by atoms with Crippen molar-refractivity contribution in [3.63, 3.8) is 0 Å². The average Bonchev–Trinajstić information content (AvgIpc) is 3.20. The Kier molecular flexibility index (Phi) is 6.04. The normalized spacial score (nSPS) is 15.6. The van der Waals surface area contributed by atoms with Crippen LogP contribution in [0, 0.1) is 20.8 Å². The number of nitrogens with zero attached hydrogens (tertiary/aromatic N) is 5. The summed E-state index contributed by atoms with van der Waals surface area (Å²) in [5.41, 5.74) is 3.04.